The maximum absolute atomic E-state index is 9.67. The third-order valence-corrected chi connectivity index (χ3v) is 5.57. The molecule has 4 aromatic rings. The molecule has 1 aromatic carbocycles. The van der Waals surface area contributed by atoms with Crippen LogP contribution in [0.3, 0.4) is 0 Å². The molecule has 2 N–H and O–H groups in total. The van der Waals surface area contributed by atoms with E-state index in [4.69, 9.17) is 4.98 Å². The molecule has 0 fully saturated rings. The fraction of sp³-hybridized carbons (Fsp3) is 0.286. The fourth-order valence-corrected chi connectivity index (χ4v) is 4.22. The first-order valence-electron chi connectivity index (χ1n) is 9.23. The molecule has 0 saturated heterocycles. The Hall–Kier alpha value is -2.99. The van der Waals surface area contributed by atoms with Gasteiger partial charge in [0.25, 0.3) is 0 Å². The molecule has 0 amide bonds. The second-order valence-corrected chi connectivity index (χ2v) is 7.32. The lowest BCUT2D eigenvalue weighted by atomic mass is 9.95. The van der Waals surface area contributed by atoms with E-state index in [1.807, 2.05) is 19.4 Å². The summed E-state index contributed by atoms with van der Waals surface area (Å²) in [6.45, 7) is 2.29. The number of aromatic nitrogens is 5. The van der Waals surface area contributed by atoms with Crippen molar-refractivity contribution in [3.05, 3.63) is 53.3 Å². The monoisotopic (exact) mass is 359 g/mol. The van der Waals surface area contributed by atoms with Crippen LogP contribution in [0.25, 0.3) is 33.5 Å². The van der Waals surface area contributed by atoms with Gasteiger partial charge in [-0.1, -0.05) is 18.2 Å². The van der Waals surface area contributed by atoms with E-state index in [0.29, 0.717) is 0 Å². The second kappa shape index (κ2) is 6.03. The predicted octanol–water partition coefficient (Wildman–Crippen LogP) is 3.36. The van der Waals surface area contributed by atoms with Crippen LogP contribution in [-0.2, 0) is 13.5 Å². The zero-order valence-corrected chi connectivity index (χ0v) is 15.4. The third-order valence-electron chi connectivity index (χ3n) is 5.57. The summed E-state index contributed by atoms with van der Waals surface area (Å²) in [4.78, 5) is 5.03. The first-order valence-corrected chi connectivity index (χ1v) is 9.23. The molecular formula is C21H21N5O. The maximum Gasteiger partial charge on any atom is 0.122 e. The van der Waals surface area contributed by atoms with E-state index in [2.05, 4.69) is 46.5 Å². The Morgan fingerprint density at radius 3 is 2.96 bits per heavy atom. The van der Waals surface area contributed by atoms with Gasteiger partial charge < -0.3 is 5.11 Å². The summed E-state index contributed by atoms with van der Waals surface area (Å²) in [6, 6.07) is 8.47. The van der Waals surface area contributed by atoms with Gasteiger partial charge in [-0.15, -0.1) is 0 Å². The summed E-state index contributed by atoms with van der Waals surface area (Å²) in [6.07, 6.45) is 5.74. The minimum Gasteiger partial charge on any atom is -0.396 e. The molecule has 27 heavy (non-hydrogen) atoms. The van der Waals surface area contributed by atoms with Crippen LogP contribution in [0.2, 0.25) is 0 Å². The number of benzene rings is 1. The first-order chi connectivity index (χ1) is 13.2. The quantitative estimate of drug-likeness (QED) is 0.588. The topological polar surface area (TPSA) is 79.6 Å². The SMILES string of the molecule is Cc1cc2[nH]nc(-c3cnn(C)c3)c2nc1-c1cccc2c1CCC2CO. The molecule has 0 aliphatic heterocycles. The summed E-state index contributed by atoms with van der Waals surface area (Å²) in [7, 11) is 1.90. The lowest BCUT2D eigenvalue weighted by Crippen LogP contribution is -1.99. The van der Waals surface area contributed by atoms with Crippen molar-refractivity contribution in [3.63, 3.8) is 0 Å². The molecule has 1 aliphatic carbocycles. The molecule has 1 aliphatic rings. The molecule has 0 saturated carbocycles. The number of rotatable bonds is 3. The van der Waals surface area contributed by atoms with Crippen LogP contribution in [0, 0.1) is 6.92 Å². The van der Waals surface area contributed by atoms with Crippen LogP contribution in [0.5, 0.6) is 0 Å². The van der Waals surface area contributed by atoms with Gasteiger partial charge in [0.1, 0.15) is 11.2 Å². The number of nitrogens with zero attached hydrogens (tertiary/aromatic N) is 4. The van der Waals surface area contributed by atoms with Crippen molar-refractivity contribution >= 4 is 11.0 Å². The van der Waals surface area contributed by atoms with Gasteiger partial charge in [-0.25, -0.2) is 4.98 Å². The second-order valence-electron chi connectivity index (χ2n) is 7.32. The largest absolute Gasteiger partial charge is 0.396 e. The highest BCUT2D eigenvalue weighted by Gasteiger charge is 2.25. The number of nitrogens with one attached hydrogen (secondary N) is 1. The normalized spacial score (nSPS) is 16.2. The van der Waals surface area contributed by atoms with Gasteiger partial charge in [0.05, 0.1) is 17.4 Å². The molecule has 0 radical (unpaired) electrons. The number of aliphatic hydroxyl groups excluding tert-OH is 1. The van der Waals surface area contributed by atoms with E-state index < -0.39 is 0 Å². The van der Waals surface area contributed by atoms with Crippen molar-refractivity contribution in [3.8, 4) is 22.5 Å². The van der Waals surface area contributed by atoms with Crippen LogP contribution in [0.4, 0.5) is 0 Å². The number of aryl methyl sites for hydroxylation is 2. The molecule has 0 bridgehead atoms. The first kappa shape index (κ1) is 16.2. The van der Waals surface area contributed by atoms with Gasteiger partial charge in [-0.05, 0) is 42.5 Å². The summed E-state index contributed by atoms with van der Waals surface area (Å²) < 4.78 is 1.77. The summed E-state index contributed by atoms with van der Waals surface area (Å²) >= 11 is 0. The van der Waals surface area contributed by atoms with Crippen molar-refractivity contribution in [1.82, 2.24) is 25.0 Å². The van der Waals surface area contributed by atoms with E-state index >= 15 is 0 Å². The highest BCUT2D eigenvalue weighted by molar-refractivity contribution is 5.91. The average molecular weight is 359 g/mol. The van der Waals surface area contributed by atoms with E-state index in [0.717, 1.165) is 46.4 Å². The van der Waals surface area contributed by atoms with Crippen molar-refractivity contribution < 1.29 is 5.11 Å². The van der Waals surface area contributed by atoms with E-state index in [1.54, 1.807) is 4.68 Å². The number of hydrogen-bond donors (Lipinski definition) is 2. The minimum atomic E-state index is 0.203. The molecule has 1 unspecified atom stereocenters. The Morgan fingerprint density at radius 2 is 2.19 bits per heavy atom. The minimum absolute atomic E-state index is 0.203. The van der Waals surface area contributed by atoms with Gasteiger partial charge in [-0.2, -0.15) is 10.2 Å². The molecule has 1 atom stereocenters. The van der Waals surface area contributed by atoms with Crippen LogP contribution in [0.1, 0.15) is 29.0 Å². The highest BCUT2D eigenvalue weighted by atomic mass is 16.3. The summed E-state index contributed by atoms with van der Waals surface area (Å²) in [5.41, 5.74) is 9.41. The Bertz CT molecular complexity index is 1160. The molecule has 5 rings (SSSR count). The molecular weight excluding hydrogens is 338 g/mol. The van der Waals surface area contributed by atoms with Gasteiger partial charge in [0, 0.05) is 36.9 Å². The standard InChI is InChI=1S/C21H21N5O/c1-12-8-18-21(20(25-24-18)14-9-22-26(2)10-14)23-19(12)17-5-3-4-15-13(11-27)6-7-16(15)17/h3-5,8-10,13,27H,6-7,11H2,1-2H3,(H,24,25). The predicted molar refractivity (Wildman–Crippen MR) is 104 cm³/mol. The number of H-pyrrole nitrogens is 1. The van der Waals surface area contributed by atoms with E-state index in [9.17, 15) is 5.11 Å². The lowest BCUT2D eigenvalue weighted by Gasteiger charge is -2.12. The van der Waals surface area contributed by atoms with E-state index in [1.165, 1.54) is 16.7 Å². The fourth-order valence-electron chi connectivity index (χ4n) is 4.22. The van der Waals surface area contributed by atoms with Crippen molar-refractivity contribution in [2.75, 3.05) is 6.61 Å². The van der Waals surface area contributed by atoms with Crippen molar-refractivity contribution in [2.24, 2.45) is 7.05 Å². The Morgan fingerprint density at radius 1 is 1.30 bits per heavy atom. The van der Waals surface area contributed by atoms with Gasteiger partial charge in [0.2, 0.25) is 0 Å². The van der Waals surface area contributed by atoms with E-state index in [-0.39, 0.29) is 12.5 Å². The van der Waals surface area contributed by atoms with Crippen LogP contribution in [0.15, 0.2) is 36.7 Å². The number of aromatic amines is 1. The zero-order valence-electron chi connectivity index (χ0n) is 15.4. The van der Waals surface area contributed by atoms with Gasteiger partial charge in [-0.3, -0.25) is 9.78 Å². The molecule has 3 heterocycles. The van der Waals surface area contributed by atoms with Gasteiger partial charge in [0.15, 0.2) is 0 Å². The molecule has 6 heteroatoms. The number of fused-ring (bicyclic) bond motifs is 2. The number of aliphatic hydroxyl groups is 1. The van der Waals surface area contributed by atoms with Crippen LogP contribution in [-0.4, -0.2) is 36.7 Å². The number of pyridine rings is 1. The van der Waals surface area contributed by atoms with Gasteiger partial charge >= 0.3 is 0 Å². The molecule has 136 valence electrons. The Kier molecular flexibility index (Phi) is 3.62. The molecule has 3 aromatic heterocycles. The smallest absolute Gasteiger partial charge is 0.122 e. The molecule has 0 spiro atoms. The van der Waals surface area contributed by atoms with Crippen LogP contribution < -0.4 is 0 Å². The average Bonchev–Trinajstić information content (AvgIpc) is 3.38. The Labute approximate surface area is 156 Å². The highest BCUT2D eigenvalue weighted by Crippen LogP contribution is 2.40. The summed E-state index contributed by atoms with van der Waals surface area (Å²) in [5.74, 6) is 0.240. The zero-order chi connectivity index (χ0) is 18.5. The maximum atomic E-state index is 9.67. The summed E-state index contributed by atoms with van der Waals surface area (Å²) in [5, 5.41) is 21.5. The van der Waals surface area contributed by atoms with Crippen molar-refractivity contribution in [1.29, 1.82) is 0 Å². The number of hydrogen-bond acceptors (Lipinski definition) is 4. The molecule has 6 nitrogen and oxygen atoms in total. The lowest BCUT2D eigenvalue weighted by molar-refractivity contribution is 0.265. The van der Waals surface area contributed by atoms with Crippen LogP contribution >= 0.6 is 0 Å². The third kappa shape index (κ3) is 2.48. The van der Waals surface area contributed by atoms with Crippen molar-refractivity contribution in [2.45, 2.75) is 25.7 Å². The Balaban J connectivity index is 1.71.